The highest BCUT2D eigenvalue weighted by molar-refractivity contribution is 7.25. The number of aromatic nitrogens is 3. The maximum atomic E-state index is 6.66. The molecule has 5 heteroatoms. The lowest BCUT2D eigenvalue weighted by atomic mass is 9.96. The van der Waals surface area contributed by atoms with Gasteiger partial charge in [0.2, 0.25) is 0 Å². The van der Waals surface area contributed by atoms with E-state index >= 15 is 0 Å². The molecule has 0 fully saturated rings. The number of furan rings is 1. The number of thiophene rings is 1. The van der Waals surface area contributed by atoms with Crippen LogP contribution in [-0.2, 0) is 0 Å². The molecule has 0 bridgehead atoms. The Morgan fingerprint density at radius 2 is 0.981 bits per heavy atom. The first-order valence-electron chi connectivity index (χ1n) is 17.3. The van der Waals surface area contributed by atoms with Gasteiger partial charge in [-0.3, -0.25) is 0 Å². The largest absolute Gasteiger partial charge is 0.455 e. The Morgan fingerprint density at radius 3 is 1.85 bits per heavy atom. The molecule has 0 spiro atoms. The number of benzene rings is 8. The summed E-state index contributed by atoms with van der Waals surface area (Å²) in [5.41, 5.74) is 6.48. The lowest BCUT2D eigenvalue weighted by Crippen LogP contribution is -2.01. The molecule has 11 aromatic rings. The van der Waals surface area contributed by atoms with Crippen LogP contribution in [0.3, 0.4) is 0 Å². The molecule has 0 amide bonds. The minimum atomic E-state index is 0.568. The number of para-hydroxylation sites is 1. The summed E-state index contributed by atoms with van der Waals surface area (Å²) in [7, 11) is 0. The van der Waals surface area contributed by atoms with E-state index in [0.717, 1.165) is 55.1 Å². The van der Waals surface area contributed by atoms with Gasteiger partial charge in [-0.05, 0) is 69.1 Å². The van der Waals surface area contributed by atoms with E-state index in [1.54, 1.807) is 11.3 Å². The minimum absolute atomic E-state index is 0.568. The third-order valence-corrected chi connectivity index (χ3v) is 11.2. The van der Waals surface area contributed by atoms with Crippen LogP contribution in [0.2, 0.25) is 0 Å². The highest BCUT2D eigenvalue weighted by atomic mass is 32.1. The molecule has 52 heavy (non-hydrogen) atoms. The van der Waals surface area contributed by atoms with Crippen molar-refractivity contribution in [1.82, 2.24) is 15.0 Å². The predicted octanol–water partition coefficient (Wildman–Crippen LogP) is 13.1. The molecule has 4 nitrogen and oxygen atoms in total. The van der Waals surface area contributed by atoms with Gasteiger partial charge in [-0.25, -0.2) is 15.0 Å². The third-order valence-electron chi connectivity index (χ3n) is 10.1. The van der Waals surface area contributed by atoms with Crippen LogP contribution in [0, 0.1) is 0 Å². The van der Waals surface area contributed by atoms with Crippen molar-refractivity contribution < 1.29 is 4.42 Å². The zero-order chi connectivity index (χ0) is 34.2. The maximum absolute atomic E-state index is 6.66. The van der Waals surface area contributed by atoms with Gasteiger partial charge in [0, 0.05) is 42.1 Å². The van der Waals surface area contributed by atoms with Crippen LogP contribution in [0.4, 0.5) is 0 Å². The predicted molar refractivity (Wildman–Crippen MR) is 217 cm³/mol. The smallest absolute Gasteiger partial charge is 0.167 e. The number of fused-ring (bicyclic) bond motifs is 8. The standard InChI is InChI=1S/C47H27N3OS/c1-2-11-29-24-32(21-20-28(29)10-1)34-14-5-6-16-38(34)46-48-45(33-22-23-36-35-15-7-8-19-42(35)52-43(36)27-33)49-47(50-46)39-18-9-17-37-40-25-30-12-3-4-13-31(30)26-41(40)51-44(37)39/h1-27H. The lowest BCUT2D eigenvalue weighted by Gasteiger charge is -2.13. The first-order valence-corrected chi connectivity index (χ1v) is 18.2. The second-order valence-corrected chi connectivity index (χ2v) is 14.3. The van der Waals surface area contributed by atoms with Crippen LogP contribution in [0.15, 0.2) is 168 Å². The van der Waals surface area contributed by atoms with Crippen LogP contribution >= 0.6 is 11.3 Å². The fourth-order valence-corrected chi connectivity index (χ4v) is 8.70. The van der Waals surface area contributed by atoms with E-state index in [-0.39, 0.29) is 0 Å². The number of rotatable bonds is 4. The highest BCUT2D eigenvalue weighted by Crippen LogP contribution is 2.40. The van der Waals surface area contributed by atoms with E-state index in [9.17, 15) is 0 Å². The molecule has 11 rings (SSSR count). The van der Waals surface area contributed by atoms with Crippen LogP contribution in [-0.4, -0.2) is 15.0 Å². The zero-order valence-electron chi connectivity index (χ0n) is 27.7. The summed E-state index contributed by atoms with van der Waals surface area (Å²) < 4.78 is 9.13. The van der Waals surface area contributed by atoms with Crippen molar-refractivity contribution in [2.75, 3.05) is 0 Å². The van der Waals surface area contributed by atoms with Gasteiger partial charge in [-0.1, -0.05) is 127 Å². The van der Waals surface area contributed by atoms with Crippen molar-refractivity contribution in [2.24, 2.45) is 0 Å². The zero-order valence-corrected chi connectivity index (χ0v) is 28.6. The fourth-order valence-electron chi connectivity index (χ4n) is 7.56. The Hall–Kier alpha value is -6.69. The first-order chi connectivity index (χ1) is 25.7. The molecule has 0 unspecified atom stereocenters. The van der Waals surface area contributed by atoms with E-state index in [2.05, 4.69) is 164 Å². The second kappa shape index (κ2) is 11.4. The van der Waals surface area contributed by atoms with Gasteiger partial charge in [0.1, 0.15) is 11.2 Å². The van der Waals surface area contributed by atoms with Crippen molar-refractivity contribution in [3.05, 3.63) is 164 Å². The highest BCUT2D eigenvalue weighted by Gasteiger charge is 2.20. The van der Waals surface area contributed by atoms with Crippen molar-refractivity contribution >= 4 is 75.0 Å². The van der Waals surface area contributed by atoms with Gasteiger partial charge >= 0.3 is 0 Å². The third kappa shape index (κ3) is 4.64. The topological polar surface area (TPSA) is 51.8 Å². The molecule has 0 aliphatic carbocycles. The number of hydrogen-bond acceptors (Lipinski definition) is 5. The van der Waals surface area contributed by atoms with Crippen LogP contribution in [0.5, 0.6) is 0 Å². The molecule has 3 heterocycles. The van der Waals surface area contributed by atoms with Gasteiger partial charge < -0.3 is 4.42 Å². The molecule has 0 aliphatic rings. The Labute approximate surface area is 302 Å². The van der Waals surface area contributed by atoms with E-state index in [4.69, 9.17) is 19.4 Å². The molecular weight excluding hydrogens is 655 g/mol. The van der Waals surface area contributed by atoms with Crippen molar-refractivity contribution in [1.29, 1.82) is 0 Å². The lowest BCUT2D eigenvalue weighted by molar-refractivity contribution is 0.670. The van der Waals surface area contributed by atoms with E-state index < -0.39 is 0 Å². The van der Waals surface area contributed by atoms with Crippen LogP contribution < -0.4 is 0 Å². The van der Waals surface area contributed by atoms with Crippen molar-refractivity contribution in [3.63, 3.8) is 0 Å². The molecule has 0 saturated heterocycles. The average Bonchev–Trinajstić information content (AvgIpc) is 3.77. The second-order valence-electron chi connectivity index (χ2n) is 13.2. The van der Waals surface area contributed by atoms with Crippen molar-refractivity contribution in [2.45, 2.75) is 0 Å². The molecule has 0 aliphatic heterocycles. The molecule has 8 aromatic carbocycles. The molecule has 3 aromatic heterocycles. The summed E-state index contributed by atoms with van der Waals surface area (Å²) in [5.74, 6) is 1.80. The Balaban J connectivity index is 1.15. The van der Waals surface area contributed by atoms with Gasteiger partial charge in [-0.15, -0.1) is 11.3 Å². The molecule has 0 radical (unpaired) electrons. The number of hydrogen-bond donors (Lipinski definition) is 0. The summed E-state index contributed by atoms with van der Waals surface area (Å²) in [6, 6.07) is 57.5. The average molecular weight is 682 g/mol. The van der Waals surface area contributed by atoms with E-state index in [0.29, 0.717) is 17.5 Å². The summed E-state index contributed by atoms with van der Waals surface area (Å²) in [4.78, 5) is 15.7. The fraction of sp³-hybridized carbons (Fsp3) is 0. The summed E-state index contributed by atoms with van der Waals surface area (Å²) in [6.45, 7) is 0. The normalized spacial score (nSPS) is 11.8. The van der Waals surface area contributed by atoms with Gasteiger partial charge in [-0.2, -0.15) is 0 Å². The monoisotopic (exact) mass is 681 g/mol. The molecule has 0 saturated carbocycles. The Kier molecular flexibility index (Phi) is 6.39. The van der Waals surface area contributed by atoms with Crippen molar-refractivity contribution in [3.8, 4) is 45.3 Å². The van der Waals surface area contributed by atoms with Gasteiger partial charge in [0.05, 0.1) is 5.56 Å². The first kappa shape index (κ1) is 29.1. The van der Waals surface area contributed by atoms with E-state index in [1.165, 1.54) is 36.3 Å². The summed E-state index contributed by atoms with van der Waals surface area (Å²) in [6.07, 6.45) is 0. The molecular formula is C47H27N3OS. The molecule has 242 valence electrons. The molecule has 0 atom stereocenters. The van der Waals surface area contributed by atoms with Crippen LogP contribution in [0.1, 0.15) is 0 Å². The minimum Gasteiger partial charge on any atom is -0.455 e. The van der Waals surface area contributed by atoms with E-state index in [1.807, 2.05) is 0 Å². The quantitative estimate of drug-likeness (QED) is 0.185. The number of nitrogens with zero attached hydrogens (tertiary/aromatic N) is 3. The van der Waals surface area contributed by atoms with Gasteiger partial charge in [0.15, 0.2) is 17.5 Å². The summed E-state index contributed by atoms with van der Waals surface area (Å²) >= 11 is 1.79. The SMILES string of the molecule is c1ccc(-c2nc(-c3ccc4c(c3)sc3ccccc34)nc(-c3cccc4c3oc3cc5ccccc5cc34)n2)c(-c2ccc3ccccc3c2)c1. The summed E-state index contributed by atoms with van der Waals surface area (Å²) in [5, 5.41) is 9.31. The Bertz CT molecular complexity index is 3210. The maximum Gasteiger partial charge on any atom is 0.167 e. The molecule has 0 N–H and O–H groups in total. The van der Waals surface area contributed by atoms with Gasteiger partial charge in [0.25, 0.3) is 0 Å². The van der Waals surface area contributed by atoms with Crippen LogP contribution in [0.25, 0.3) is 109 Å². The Morgan fingerprint density at radius 1 is 0.365 bits per heavy atom.